The molecule has 1 heterocycles. The first-order valence-electron chi connectivity index (χ1n) is 7.52. The number of benzene rings is 1. The summed E-state index contributed by atoms with van der Waals surface area (Å²) in [5, 5.41) is 11.8. The van der Waals surface area contributed by atoms with Gasteiger partial charge in [-0.05, 0) is 24.0 Å². The summed E-state index contributed by atoms with van der Waals surface area (Å²) >= 11 is 0. The maximum Gasteiger partial charge on any atom is 0.270 e. The number of hydrogen-bond acceptors (Lipinski definition) is 4. The van der Waals surface area contributed by atoms with Crippen LogP contribution in [0, 0.1) is 0 Å². The highest BCUT2D eigenvalue weighted by molar-refractivity contribution is 5.92. The number of aliphatic hydroxyl groups excluding tert-OH is 1. The van der Waals surface area contributed by atoms with Crippen LogP contribution in [0.4, 0.5) is 0 Å². The van der Waals surface area contributed by atoms with Gasteiger partial charge in [0, 0.05) is 6.07 Å². The molecule has 23 heavy (non-hydrogen) atoms. The van der Waals surface area contributed by atoms with E-state index in [1.807, 2.05) is 31.2 Å². The molecule has 0 bridgehead atoms. The van der Waals surface area contributed by atoms with Crippen molar-refractivity contribution in [2.24, 2.45) is 0 Å². The minimum absolute atomic E-state index is 0.0107. The molecule has 2 rings (SSSR count). The summed E-state index contributed by atoms with van der Waals surface area (Å²) in [6.07, 6.45) is 0. The highest BCUT2D eigenvalue weighted by atomic mass is 16.3. The highest BCUT2D eigenvalue weighted by Crippen LogP contribution is 2.18. The molecule has 0 aliphatic carbocycles. The van der Waals surface area contributed by atoms with E-state index in [4.69, 9.17) is 5.11 Å². The molecule has 0 aliphatic heterocycles. The average Bonchev–Trinajstić information content (AvgIpc) is 2.54. The van der Waals surface area contributed by atoms with Crippen LogP contribution in [0.15, 0.2) is 35.1 Å². The van der Waals surface area contributed by atoms with Crippen molar-refractivity contribution in [3.05, 3.63) is 63.3 Å². The van der Waals surface area contributed by atoms with Gasteiger partial charge in [0.05, 0.1) is 6.04 Å². The van der Waals surface area contributed by atoms with Crippen LogP contribution in [-0.2, 0) is 6.61 Å². The van der Waals surface area contributed by atoms with Gasteiger partial charge in [0.15, 0.2) is 0 Å². The third kappa shape index (κ3) is 4.26. The van der Waals surface area contributed by atoms with Gasteiger partial charge in [-0.25, -0.2) is 4.98 Å². The standard InChI is InChI=1S/C17H21N3O3/c1-10(2)12-4-6-13(7-5-12)11(3)18-17(23)14-8-16(22)20-15(9-21)19-14/h4-8,10-11,21H,9H2,1-3H3,(H,18,23)(H,19,20,22)/t11-/m1/s1. The molecule has 0 aliphatic rings. The van der Waals surface area contributed by atoms with Crippen molar-refractivity contribution in [1.29, 1.82) is 0 Å². The molecular formula is C17H21N3O3. The minimum atomic E-state index is -0.469. The lowest BCUT2D eigenvalue weighted by atomic mass is 9.99. The number of aliphatic hydroxyl groups is 1. The van der Waals surface area contributed by atoms with Crippen molar-refractivity contribution in [2.45, 2.75) is 39.3 Å². The predicted octanol–water partition coefficient (Wildman–Crippen LogP) is 1.88. The zero-order valence-electron chi connectivity index (χ0n) is 13.5. The lowest BCUT2D eigenvalue weighted by molar-refractivity contribution is 0.0934. The van der Waals surface area contributed by atoms with E-state index < -0.39 is 18.1 Å². The molecule has 122 valence electrons. The van der Waals surface area contributed by atoms with Gasteiger partial charge in [-0.15, -0.1) is 0 Å². The fraction of sp³-hybridized carbons (Fsp3) is 0.353. The second-order valence-electron chi connectivity index (χ2n) is 5.75. The monoisotopic (exact) mass is 315 g/mol. The Labute approximate surface area is 134 Å². The van der Waals surface area contributed by atoms with Crippen LogP contribution in [-0.4, -0.2) is 21.0 Å². The molecule has 0 saturated heterocycles. The van der Waals surface area contributed by atoms with Crippen molar-refractivity contribution in [3.8, 4) is 0 Å². The van der Waals surface area contributed by atoms with Crippen LogP contribution < -0.4 is 10.9 Å². The number of nitrogens with zero attached hydrogens (tertiary/aromatic N) is 1. The Bertz CT molecular complexity index is 735. The normalized spacial score (nSPS) is 12.2. The van der Waals surface area contributed by atoms with Crippen LogP contribution in [0.2, 0.25) is 0 Å². The Hall–Kier alpha value is -2.47. The lowest BCUT2D eigenvalue weighted by Crippen LogP contribution is -2.29. The Kier molecular flexibility index (Phi) is 5.28. The Morgan fingerprint density at radius 1 is 1.22 bits per heavy atom. The molecule has 0 spiro atoms. The van der Waals surface area contributed by atoms with E-state index in [9.17, 15) is 9.59 Å². The SMILES string of the molecule is CC(C)c1ccc([C@@H](C)NC(=O)c2cc(=O)[nH]c(CO)n2)cc1. The fourth-order valence-electron chi connectivity index (χ4n) is 2.22. The van der Waals surface area contributed by atoms with E-state index >= 15 is 0 Å². The number of carbonyl (C=O) groups excluding carboxylic acids is 1. The van der Waals surface area contributed by atoms with Gasteiger partial charge in [0.2, 0.25) is 0 Å². The third-order valence-corrected chi connectivity index (χ3v) is 3.62. The largest absolute Gasteiger partial charge is 0.388 e. The van der Waals surface area contributed by atoms with Gasteiger partial charge < -0.3 is 15.4 Å². The molecule has 3 N–H and O–H groups in total. The van der Waals surface area contributed by atoms with Crippen LogP contribution in [0.5, 0.6) is 0 Å². The van der Waals surface area contributed by atoms with Crippen molar-refractivity contribution in [1.82, 2.24) is 15.3 Å². The first-order valence-corrected chi connectivity index (χ1v) is 7.52. The van der Waals surface area contributed by atoms with Gasteiger partial charge in [0.25, 0.3) is 11.5 Å². The summed E-state index contributed by atoms with van der Waals surface area (Å²) in [4.78, 5) is 29.9. The van der Waals surface area contributed by atoms with Gasteiger partial charge in [-0.1, -0.05) is 38.1 Å². The zero-order chi connectivity index (χ0) is 17.0. The summed E-state index contributed by atoms with van der Waals surface area (Å²) in [7, 11) is 0. The van der Waals surface area contributed by atoms with Gasteiger partial charge in [0.1, 0.15) is 18.1 Å². The summed E-state index contributed by atoms with van der Waals surface area (Å²) in [6.45, 7) is 5.68. The zero-order valence-corrected chi connectivity index (χ0v) is 13.5. The molecule has 0 unspecified atom stereocenters. The smallest absolute Gasteiger partial charge is 0.270 e. The van der Waals surface area contributed by atoms with E-state index in [0.717, 1.165) is 11.6 Å². The molecule has 0 saturated carbocycles. The molecular weight excluding hydrogens is 294 g/mol. The molecule has 1 atom stereocenters. The Balaban J connectivity index is 2.13. The number of amides is 1. The number of rotatable bonds is 5. The minimum Gasteiger partial charge on any atom is -0.388 e. The number of nitrogens with one attached hydrogen (secondary N) is 2. The molecule has 0 fully saturated rings. The Morgan fingerprint density at radius 2 is 1.83 bits per heavy atom. The maximum absolute atomic E-state index is 12.2. The van der Waals surface area contributed by atoms with Crippen LogP contribution in [0.25, 0.3) is 0 Å². The van der Waals surface area contributed by atoms with Crippen LogP contribution >= 0.6 is 0 Å². The predicted molar refractivity (Wildman–Crippen MR) is 87.2 cm³/mol. The highest BCUT2D eigenvalue weighted by Gasteiger charge is 2.14. The van der Waals surface area contributed by atoms with E-state index in [2.05, 4.69) is 29.1 Å². The quantitative estimate of drug-likeness (QED) is 0.785. The number of aromatic nitrogens is 2. The topological polar surface area (TPSA) is 95.1 Å². The Morgan fingerprint density at radius 3 is 2.39 bits per heavy atom. The van der Waals surface area contributed by atoms with Crippen molar-refractivity contribution in [3.63, 3.8) is 0 Å². The molecule has 6 heteroatoms. The molecule has 1 amide bonds. The van der Waals surface area contributed by atoms with E-state index in [1.54, 1.807) is 0 Å². The second kappa shape index (κ2) is 7.19. The number of carbonyl (C=O) groups is 1. The summed E-state index contributed by atoms with van der Waals surface area (Å²) in [6, 6.07) is 8.93. The number of aromatic amines is 1. The van der Waals surface area contributed by atoms with Crippen molar-refractivity contribution >= 4 is 5.91 Å². The average molecular weight is 315 g/mol. The van der Waals surface area contributed by atoms with Crippen molar-refractivity contribution in [2.75, 3.05) is 0 Å². The second-order valence-corrected chi connectivity index (χ2v) is 5.75. The summed E-state index contributed by atoms with van der Waals surface area (Å²) in [5.41, 5.74) is 1.72. The molecule has 1 aromatic heterocycles. The maximum atomic E-state index is 12.2. The third-order valence-electron chi connectivity index (χ3n) is 3.62. The molecule has 0 radical (unpaired) electrons. The summed E-state index contributed by atoms with van der Waals surface area (Å²) < 4.78 is 0. The van der Waals surface area contributed by atoms with Crippen LogP contribution in [0.3, 0.4) is 0 Å². The number of H-pyrrole nitrogens is 1. The lowest BCUT2D eigenvalue weighted by Gasteiger charge is -2.15. The molecule has 1 aromatic carbocycles. The summed E-state index contributed by atoms with van der Waals surface area (Å²) in [5.74, 6) is 0.0638. The number of hydrogen-bond donors (Lipinski definition) is 3. The van der Waals surface area contributed by atoms with Crippen molar-refractivity contribution < 1.29 is 9.90 Å². The first kappa shape index (κ1) is 16.9. The van der Waals surface area contributed by atoms with E-state index in [1.165, 1.54) is 5.56 Å². The van der Waals surface area contributed by atoms with E-state index in [0.29, 0.717) is 5.92 Å². The van der Waals surface area contributed by atoms with E-state index in [-0.39, 0.29) is 17.6 Å². The van der Waals surface area contributed by atoms with Gasteiger partial charge in [-0.3, -0.25) is 9.59 Å². The van der Waals surface area contributed by atoms with Gasteiger partial charge >= 0.3 is 0 Å². The van der Waals surface area contributed by atoms with Crippen LogP contribution in [0.1, 0.15) is 60.2 Å². The molecule has 2 aromatic rings. The van der Waals surface area contributed by atoms with Gasteiger partial charge in [-0.2, -0.15) is 0 Å². The first-order chi connectivity index (χ1) is 10.9. The molecule has 6 nitrogen and oxygen atoms in total. The fourth-order valence-corrected chi connectivity index (χ4v) is 2.22.